The van der Waals surface area contributed by atoms with E-state index in [1.807, 2.05) is 6.07 Å². The molecule has 0 radical (unpaired) electrons. The molecule has 0 bridgehead atoms. The Bertz CT molecular complexity index is 560. The summed E-state index contributed by atoms with van der Waals surface area (Å²) in [6.45, 7) is -0.175. The van der Waals surface area contributed by atoms with Crippen LogP contribution in [0, 0.1) is 0 Å². The molecule has 0 heterocycles. The Morgan fingerprint density at radius 3 is 2.65 bits per heavy atom. The van der Waals surface area contributed by atoms with Crippen LogP contribution in [0.15, 0.2) is 18.2 Å². The monoisotopic (exact) mass is 339 g/mol. The van der Waals surface area contributed by atoms with Gasteiger partial charge >= 0.3 is 6.03 Å². The molecule has 0 unspecified atom stereocenters. The first kappa shape index (κ1) is 17.4. The topological polar surface area (TPSA) is 79.5 Å². The van der Waals surface area contributed by atoms with Crippen LogP contribution in [0.4, 0.5) is 4.79 Å². The number of hydrazine groups is 1. The molecule has 1 aromatic carbocycles. The van der Waals surface area contributed by atoms with E-state index in [1.165, 1.54) is 26.3 Å². The van der Waals surface area contributed by atoms with Gasteiger partial charge in [-0.3, -0.25) is 10.2 Å². The van der Waals surface area contributed by atoms with Crippen LogP contribution in [0.5, 0.6) is 5.75 Å². The van der Waals surface area contributed by atoms with Gasteiger partial charge in [-0.15, -0.1) is 0 Å². The second-order valence-electron chi connectivity index (χ2n) is 5.56. The van der Waals surface area contributed by atoms with Gasteiger partial charge in [-0.2, -0.15) is 0 Å². The van der Waals surface area contributed by atoms with Gasteiger partial charge in [-0.1, -0.05) is 30.9 Å². The largest absolute Gasteiger partial charge is 0.483 e. The van der Waals surface area contributed by atoms with E-state index in [9.17, 15) is 9.59 Å². The zero-order chi connectivity index (χ0) is 16.7. The lowest BCUT2D eigenvalue weighted by Crippen LogP contribution is -2.47. The van der Waals surface area contributed by atoms with Crippen LogP contribution in [0.2, 0.25) is 5.02 Å². The van der Waals surface area contributed by atoms with Crippen molar-refractivity contribution in [2.24, 2.45) is 0 Å². The molecule has 23 heavy (non-hydrogen) atoms. The minimum absolute atomic E-state index is 0.175. The predicted octanol–water partition coefficient (Wildman–Crippen LogP) is 2.73. The first-order valence-electron chi connectivity index (χ1n) is 7.79. The van der Waals surface area contributed by atoms with Gasteiger partial charge in [-0.25, -0.2) is 10.2 Å². The molecular weight excluding hydrogens is 318 g/mol. The summed E-state index contributed by atoms with van der Waals surface area (Å²) in [6, 6.07) is 4.98. The van der Waals surface area contributed by atoms with E-state index in [0.717, 1.165) is 18.4 Å². The summed E-state index contributed by atoms with van der Waals surface area (Å²) >= 11 is 6.11. The molecule has 1 fully saturated rings. The molecule has 0 saturated heterocycles. The molecule has 0 aliphatic heterocycles. The number of hydrogen-bond acceptors (Lipinski definition) is 3. The van der Waals surface area contributed by atoms with Crippen LogP contribution in [-0.2, 0) is 4.79 Å². The molecule has 3 N–H and O–H groups in total. The summed E-state index contributed by atoms with van der Waals surface area (Å²) in [4.78, 5) is 22.7. The third-order valence-corrected chi connectivity index (χ3v) is 4.15. The van der Waals surface area contributed by atoms with Crippen LogP contribution >= 0.6 is 11.6 Å². The summed E-state index contributed by atoms with van der Waals surface area (Å²) in [5.74, 6) is 0.666. The maximum absolute atomic E-state index is 11.7. The highest BCUT2D eigenvalue weighted by atomic mass is 35.5. The summed E-state index contributed by atoms with van der Waals surface area (Å²) < 4.78 is 5.63. The molecule has 1 aliphatic rings. The number of ether oxygens (including phenoxy) is 1. The van der Waals surface area contributed by atoms with Crippen molar-refractivity contribution in [3.63, 3.8) is 0 Å². The lowest BCUT2D eigenvalue weighted by Gasteiger charge is -2.24. The molecule has 1 aromatic rings. The Balaban J connectivity index is 1.96. The molecule has 7 heteroatoms. The summed E-state index contributed by atoms with van der Waals surface area (Å²) in [5, 5.41) is 3.00. The third-order valence-electron chi connectivity index (χ3n) is 3.92. The number of benzene rings is 1. The van der Waals surface area contributed by atoms with Gasteiger partial charge in [0, 0.05) is 12.1 Å². The lowest BCUT2D eigenvalue weighted by atomic mass is 9.84. The summed E-state index contributed by atoms with van der Waals surface area (Å²) in [6.07, 6.45) is 5.89. The fraction of sp³-hybridized carbons (Fsp3) is 0.500. The second kappa shape index (κ2) is 8.62. The summed E-state index contributed by atoms with van der Waals surface area (Å²) in [5.41, 5.74) is 5.53. The second-order valence-corrected chi connectivity index (χ2v) is 5.99. The number of carbonyl (C=O) groups excluding carboxylic acids is 2. The molecular formula is C16H22ClN3O3. The van der Waals surface area contributed by atoms with E-state index in [0.29, 0.717) is 16.7 Å². The first-order chi connectivity index (χ1) is 11.1. The Morgan fingerprint density at radius 1 is 1.22 bits per heavy atom. The number of carbonyl (C=O) groups is 2. The van der Waals surface area contributed by atoms with E-state index in [2.05, 4.69) is 16.2 Å². The van der Waals surface area contributed by atoms with Gasteiger partial charge in [0.1, 0.15) is 5.75 Å². The van der Waals surface area contributed by atoms with Gasteiger partial charge in [0.2, 0.25) is 0 Å². The van der Waals surface area contributed by atoms with E-state index < -0.39 is 11.9 Å². The van der Waals surface area contributed by atoms with Crippen molar-refractivity contribution in [3.8, 4) is 5.75 Å². The highest BCUT2D eigenvalue weighted by Gasteiger charge is 2.20. The lowest BCUT2D eigenvalue weighted by molar-refractivity contribution is -0.123. The molecule has 0 spiro atoms. The Labute approximate surface area is 140 Å². The van der Waals surface area contributed by atoms with Crippen molar-refractivity contribution in [2.45, 2.75) is 38.0 Å². The van der Waals surface area contributed by atoms with Crippen molar-refractivity contribution in [1.29, 1.82) is 0 Å². The van der Waals surface area contributed by atoms with E-state index >= 15 is 0 Å². The minimum Gasteiger partial charge on any atom is -0.483 e. The molecule has 0 atom stereocenters. The molecule has 1 aliphatic carbocycles. The van der Waals surface area contributed by atoms with E-state index in [1.54, 1.807) is 12.1 Å². The van der Waals surface area contributed by atoms with Crippen molar-refractivity contribution < 1.29 is 14.3 Å². The highest BCUT2D eigenvalue weighted by molar-refractivity contribution is 6.30. The average molecular weight is 340 g/mol. The maximum atomic E-state index is 11.7. The average Bonchev–Trinajstić information content (AvgIpc) is 2.59. The van der Waals surface area contributed by atoms with Gasteiger partial charge in [0.25, 0.3) is 5.91 Å². The normalized spacial score (nSPS) is 14.9. The SMILES string of the molecule is CNC(=O)NNC(=O)COc1ccc(Cl)cc1C1CCCCC1. The number of rotatable bonds is 4. The Hall–Kier alpha value is -1.95. The smallest absolute Gasteiger partial charge is 0.333 e. The van der Waals surface area contributed by atoms with E-state index in [-0.39, 0.29) is 6.61 Å². The molecule has 0 aromatic heterocycles. The number of urea groups is 1. The van der Waals surface area contributed by atoms with Gasteiger partial charge in [-0.05, 0) is 42.5 Å². The molecule has 6 nitrogen and oxygen atoms in total. The van der Waals surface area contributed by atoms with Gasteiger partial charge in [0.05, 0.1) is 0 Å². The zero-order valence-electron chi connectivity index (χ0n) is 13.2. The quantitative estimate of drug-likeness (QED) is 0.738. The van der Waals surface area contributed by atoms with Crippen molar-refractivity contribution in [1.82, 2.24) is 16.2 Å². The Morgan fingerprint density at radius 2 is 1.96 bits per heavy atom. The van der Waals surface area contributed by atoms with Crippen LogP contribution in [-0.4, -0.2) is 25.6 Å². The zero-order valence-corrected chi connectivity index (χ0v) is 13.9. The van der Waals surface area contributed by atoms with E-state index in [4.69, 9.17) is 16.3 Å². The van der Waals surface area contributed by atoms with Crippen LogP contribution in [0.1, 0.15) is 43.6 Å². The van der Waals surface area contributed by atoms with Gasteiger partial charge in [0.15, 0.2) is 6.61 Å². The highest BCUT2D eigenvalue weighted by Crippen LogP contribution is 2.38. The molecule has 3 amide bonds. The number of nitrogens with one attached hydrogen (secondary N) is 3. The minimum atomic E-state index is -0.493. The van der Waals surface area contributed by atoms with Crippen LogP contribution in [0.3, 0.4) is 0 Å². The molecule has 126 valence electrons. The van der Waals surface area contributed by atoms with Crippen LogP contribution < -0.4 is 20.9 Å². The Kier molecular flexibility index (Phi) is 6.52. The van der Waals surface area contributed by atoms with Crippen molar-refractivity contribution >= 4 is 23.5 Å². The van der Waals surface area contributed by atoms with Crippen molar-refractivity contribution in [3.05, 3.63) is 28.8 Å². The molecule has 2 rings (SSSR count). The standard InChI is InChI=1S/C16H22ClN3O3/c1-18-16(22)20-19-15(21)10-23-14-8-7-12(17)9-13(14)11-5-3-2-4-6-11/h7-9,11H,2-6,10H2,1H3,(H,19,21)(H2,18,20,22). The first-order valence-corrected chi connectivity index (χ1v) is 8.16. The molecule has 1 saturated carbocycles. The predicted molar refractivity (Wildman–Crippen MR) is 88.5 cm³/mol. The van der Waals surface area contributed by atoms with Gasteiger partial charge < -0.3 is 10.1 Å². The number of hydrogen-bond donors (Lipinski definition) is 3. The fourth-order valence-electron chi connectivity index (χ4n) is 2.75. The fourth-order valence-corrected chi connectivity index (χ4v) is 2.93. The number of amides is 3. The third kappa shape index (κ3) is 5.32. The maximum Gasteiger partial charge on any atom is 0.333 e. The van der Waals surface area contributed by atoms with Crippen molar-refractivity contribution in [2.75, 3.05) is 13.7 Å². The van der Waals surface area contributed by atoms with Crippen LogP contribution in [0.25, 0.3) is 0 Å². The summed E-state index contributed by atoms with van der Waals surface area (Å²) in [7, 11) is 1.46. The number of halogens is 1.